The first-order chi connectivity index (χ1) is 7.10. The highest BCUT2D eigenvalue weighted by Crippen LogP contribution is 2.38. The molecular weight excluding hydrogens is 216 g/mol. The highest BCUT2D eigenvalue weighted by Gasteiger charge is 2.39. The van der Waals surface area contributed by atoms with Crippen LogP contribution in [0.1, 0.15) is 53.9 Å². The van der Waals surface area contributed by atoms with Crippen LogP contribution in [0.3, 0.4) is 0 Å². The van der Waals surface area contributed by atoms with E-state index in [1.807, 2.05) is 0 Å². The fraction of sp³-hybridized carbons (Fsp3) is 0.923. The predicted molar refractivity (Wildman–Crippen MR) is 72.3 cm³/mol. The van der Waals surface area contributed by atoms with Crippen molar-refractivity contribution >= 4 is 14.1 Å². The lowest BCUT2D eigenvalue weighted by Gasteiger charge is -2.39. The van der Waals surface area contributed by atoms with Crippen molar-refractivity contribution < 1.29 is 9.22 Å². The maximum Gasteiger partial charge on any atom is 0.192 e. The van der Waals surface area contributed by atoms with Gasteiger partial charge in [-0.3, -0.25) is 4.79 Å². The van der Waals surface area contributed by atoms with Crippen molar-refractivity contribution in [2.45, 2.75) is 78.1 Å². The molecule has 16 heavy (non-hydrogen) atoms. The molecule has 0 aromatic carbocycles. The van der Waals surface area contributed by atoms with E-state index in [9.17, 15) is 4.79 Å². The van der Waals surface area contributed by atoms with Crippen molar-refractivity contribution in [3.05, 3.63) is 0 Å². The summed E-state index contributed by atoms with van der Waals surface area (Å²) in [6.45, 7) is 15.0. The van der Waals surface area contributed by atoms with Crippen molar-refractivity contribution in [2.75, 3.05) is 0 Å². The molecule has 0 amide bonds. The number of hydrogen-bond donors (Lipinski definition) is 0. The van der Waals surface area contributed by atoms with E-state index < -0.39 is 8.32 Å². The van der Waals surface area contributed by atoms with Crippen molar-refractivity contribution in [1.29, 1.82) is 0 Å². The van der Waals surface area contributed by atoms with Crippen molar-refractivity contribution in [3.8, 4) is 0 Å². The van der Waals surface area contributed by atoms with Gasteiger partial charge in [0.2, 0.25) is 0 Å². The summed E-state index contributed by atoms with van der Waals surface area (Å²) in [5.41, 5.74) is 0. The van der Waals surface area contributed by atoms with Crippen molar-refractivity contribution in [3.63, 3.8) is 0 Å². The standard InChI is InChI=1S/C13H28O2Si/c1-8-9-12(10-11(2)14)15-16(6,7)13(3,4)5/h12H,8-10H2,1-7H3. The van der Waals surface area contributed by atoms with Gasteiger partial charge in [0.15, 0.2) is 8.32 Å². The van der Waals surface area contributed by atoms with Crippen LogP contribution in [0.5, 0.6) is 0 Å². The Morgan fingerprint density at radius 3 is 2.12 bits per heavy atom. The van der Waals surface area contributed by atoms with Gasteiger partial charge in [-0.05, 0) is 31.5 Å². The van der Waals surface area contributed by atoms with Crippen LogP contribution in [0.25, 0.3) is 0 Å². The second kappa shape index (κ2) is 5.96. The molecular formula is C13H28O2Si. The Kier molecular flexibility index (Phi) is 5.91. The summed E-state index contributed by atoms with van der Waals surface area (Å²) < 4.78 is 6.27. The van der Waals surface area contributed by atoms with Gasteiger partial charge in [0.25, 0.3) is 0 Å². The fourth-order valence-corrected chi connectivity index (χ4v) is 2.83. The maximum atomic E-state index is 11.2. The summed E-state index contributed by atoms with van der Waals surface area (Å²) in [5, 5.41) is 0.218. The molecule has 0 aliphatic carbocycles. The van der Waals surface area contributed by atoms with E-state index in [-0.39, 0.29) is 16.9 Å². The molecule has 0 spiro atoms. The second-order valence-corrected chi connectivity index (χ2v) is 11.0. The Morgan fingerprint density at radius 1 is 1.31 bits per heavy atom. The fourth-order valence-electron chi connectivity index (χ4n) is 1.44. The number of rotatable bonds is 6. The largest absolute Gasteiger partial charge is 0.413 e. The Balaban J connectivity index is 4.55. The third-order valence-corrected chi connectivity index (χ3v) is 7.93. The lowest BCUT2D eigenvalue weighted by atomic mass is 10.1. The molecule has 1 unspecified atom stereocenters. The van der Waals surface area contributed by atoms with Crippen LogP contribution in [0.15, 0.2) is 0 Å². The molecule has 0 N–H and O–H groups in total. The molecule has 0 bridgehead atoms. The van der Waals surface area contributed by atoms with Gasteiger partial charge in [-0.1, -0.05) is 34.1 Å². The van der Waals surface area contributed by atoms with Gasteiger partial charge in [-0.2, -0.15) is 0 Å². The Labute approximate surface area is 102 Å². The van der Waals surface area contributed by atoms with E-state index in [0.29, 0.717) is 6.42 Å². The van der Waals surface area contributed by atoms with Gasteiger partial charge >= 0.3 is 0 Å². The summed E-state index contributed by atoms with van der Waals surface area (Å²) in [5.74, 6) is 0.233. The second-order valence-electron chi connectivity index (χ2n) is 6.19. The molecule has 0 rings (SSSR count). The van der Waals surface area contributed by atoms with Gasteiger partial charge in [0.05, 0.1) is 6.10 Å². The number of carbonyl (C=O) groups is 1. The third kappa shape index (κ3) is 5.26. The predicted octanol–water partition coefficient (Wildman–Crippen LogP) is 4.16. The zero-order valence-corrected chi connectivity index (χ0v) is 13.0. The number of hydrogen-bond acceptors (Lipinski definition) is 2. The average molecular weight is 244 g/mol. The van der Waals surface area contributed by atoms with Gasteiger partial charge in [-0.15, -0.1) is 0 Å². The Bertz CT molecular complexity index is 229. The molecule has 1 atom stereocenters. The highest BCUT2D eigenvalue weighted by atomic mass is 28.4. The molecule has 0 radical (unpaired) electrons. The van der Waals surface area contributed by atoms with Crippen LogP contribution in [-0.2, 0) is 9.22 Å². The molecule has 3 heteroatoms. The first-order valence-electron chi connectivity index (χ1n) is 6.27. The molecule has 0 heterocycles. The molecule has 0 saturated carbocycles. The van der Waals surface area contributed by atoms with Crippen molar-refractivity contribution in [1.82, 2.24) is 0 Å². The zero-order chi connectivity index (χ0) is 13.0. The zero-order valence-electron chi connectivity index (χ0n) is 12.0. The van der Waals surface area contributed by atoms with E-state index in [1.54, 1.807) is 6.92 Å². The Hall–Kier alpha value is -0.153. The van der Waals surface area contributed by atoms with Gasteiger partial charge < -0.3 is 4.43 Å². The summed E-state index contributed by atoms with van der Waals surface area (Å²) >= 11 is 0. The minimum atomic E-state index is -1.72. The topological polar surface area (TPSA) is 26.3 Å². The molecule has 0 aliphatic rings. The van der Waals surface area contributed by atoms with Crippen LogP contribution >= 0.6 is 0 Å². The third-order valence-electron chi connectivity index (χ3n) is 3.39. The Morgan fingerprint density at radius 2 is 1.81 bits per heavy atom. The summed E-state index contributed by atoms with van der Waals surface area (Å²) in [6, 6.07) is 0. The van der Waals surface area contributed by atoms with E-state index in [1.165, 1.54) is 0 Å². The van der Waals surface area contributed by atoms with E-state index in [0.717, 1.165) is 12.8 Å². The first-order valence-corrected chi connectivity index (χ1v) is 9.18. The number of Topliss-reactive ketones (excluding diaryl/α,β-unsaturated/α-hetero) is 1. The molecule has 96 valence electrons. The smallest absolute Gasteiger partial charge is 0.192 e. The van der Waals surface area contributed by atoms with Gasteiger partial charge in [-0.25, -0.2) is 0 Å². The molecule has 0 saturated heterocycles. The van der Waals surface area contributed by atoms with Crippen LogP contribution in [0, 0.1) is 0 Å². The van der Waals surface area contributed by atoms with E-state index in [2.05, 4.69) is 40.8 Å². The van der Waals surface area contributed by atoms with Crippen LogP contribution in [-0.4, -0.2) is 20.2 Å². The van der Waals surface area contributed by atoms with Crippen LogP contribution in [0.4, 0.5) is 0 Å². The number of carbonyl (C=O) groups excluding carboxylic acids is 1. The number of ketones is 1. The molecule has 2 nitrogen and oxygen atoms in total. The average Bonchev–Trinajstić information content (AvgIpc) is 1.99. The lowest BCUT2D eigenvalue weighted by Crippen LogP contribution is -2.44. The normalized spacial score (nSPS) is 14.9. The summed E-state index contributed by atoms with van der Waals surface area (Å²) in [4.78, 5) is 11.2. The van der Waals surface area contributed by atoms with Gasteiger partial charge in [0.1, 0.15) is 5.78 Å². The quantitative estimate of drug-likeness (QED) is 0.656. The maximum absolute atomic E-state index is 11.2. The highest BCUT2D eigenvalue weighted by molar-refractivity contribution is 6.74. The van der Waals surface area contributed by atoms with Crippen LogP contribution in [0.2, 0.25) is 18.1 Å². The first kappa shape index (κ1) is 15.8. The van der Waals surface area contributed by atoms with E-state index >= 15 is 0 Å². The molecule has 0 fully saturated rings. The van der Waals surface area contributed by atoms with Crippen LogP contribution < -0.4 is 0 Å². The van der Waals surface area contributed by atoms with Gasteiger partial charge in [0, 0.05) is 6.42 Å². The summed E-state index contributed by atoms with van der Waals surface area (Å²) in [6.07, 6.45) is 2.77. The molecule has 0 aromatic heterocycles. The minimum Gasteiger partial charge on any atom is -0.413 e. The minimum absolute atomic E-state index is 0.128. The summed E-state index contributed by atoms with van der Waals surface area (Å²) in [7, 11) is -1.72. The SMILES string of the molecule is CCCC(CC(C)=O)O[Si](C)(C)C(C)(C)C. The monoisotopic (exact) mass is 244 g/mol. The molecule has 0 aromatic rings. The lowest BCUT2D eigenvalue weighted by molar-refractivity contribution is -0.118. The molecule has 0 aliphatic heterocycles. The van der Waals surface area contributed by atoms with E-state index in [4.69, 9.17) is 4.43 Å². The van der Waals surface area contributed by atoms with Crippen molar-refractivity contribution in [2.24, 2.45) is 0 Å².